The first-order valence-corrected chi connectivity index (χ1v) is 8.51. The van der Waals surface area contributed by atoms with Crippen LogP contribution in [0.5, 0.6) is 0 Å². The van der Waals surface area contributed by atoms with Crippen LogP contribution in [0, 0.1) is 6.92 Å². The Bertz CT molecular complexity index is 752. The van der Waals surface area contributed by atoms with Crippen LogP contribution >= 0.6 is 22.7 Å². The van der Waals surface area contributed by atoms with Gasteiger partial charge in [0.05, 0.1) is 10.2 Å². The number of aryl methyl sites for hydroxylation is 1. The van der Waals surface area contributed by atoms with Gasteiger partial charge in [-0.15, -0.1) is 22.7 Å². The normalized spacial score (nSPS) is 15.7. The van der Waals surface area contributed by atoms with Crippen LogP contribution in [0.15, 0.2) is 24.3 Å². The smallest absolute Gasteiger partial charge is 0.126 e. The standard InChI is InChI=1S/C16H16N2S2/c1-10-15(11-7-8-18(2)9-14(11)19-10)16-17-12-5-3-4-6-13(12)20-16/h3-6H,7-9H2,1-2H3. The SMILES string of the molecule is Cc1sc2c(c1-c1nc3ccccc3s1)CCN(C)C2. The van der Waals surface area contributed by atoms with Crippen molar-refractivity contribution in [3.63, 3.8) is 0 Å². The Kier molecular flexibility index (Phi) is 2.91. The molecule has 4 heteroatoms. The van der Waals surface area contributed by atoms with Crippen molar-refractivity contribution in [2.75, 3.05) is 13.6 Å². The van der Waals surface area contributed by atoms with Crippen LogP contribution in [0.4, 0.5) is 0 Å². The van der Waals surface area contributed by atoms with E-state index in [1.807, 2.05) is 22.7 Å². The number of nitrogens with zero attached hydrogens (tertiary/aromatic N) is 2. The van der Waals surface area contributed by atoms with Gasteiger partial charge in [-0.25, -0.2) is 4.98 Å². The summed E-state index contributed by atoms with van der Waals surface area (Å²) in [5.74, 6) is 0. The summed E-state index contributed by atoms with van der Waals surface area (Å²) in [6.07, 6.45) is 1.15. The maximum atomic E-state index is 4.85. The molecule has 0 aliphatic carbocycles. The summed E-state index contributed by atoms with van der Waals surface area (Å²) >= 11 is 3.78. The van der Waals surface area contributed by atoms with Crippen molar-refractivity contribution < 1.29 is 0 Å². The van der Waals surface area contributed by atoms with Crippen LogP contribution in [-0.2, 0) is 13.0 Å². The quantitative estimate of drug-likeness (QED) is 0.665. The third kappa shape index (κ3) is 1.91. The molecule has 0 amide bonds. The molecule has 1 aliphatic heterocycles. The van der Waals surface area contributed by atoms with Crippen LogP contribution in [0.25, 0.3) is 20.8 Å². The molecule has 0 saturated carbocycles. The first-order valence-electron chi connectivity index (χ1n) is 6.88. The molecule has 3 heterocycles. The zero-order chi connectivity index (χ0) is 13.7. The van der Waals surface area contributed by atoms with Crippen LogP contribution in [0.3, 0.4) is 0 Å². The Morgan fingerprint density at radius 2 is 2.05 bits per heavy atom. The van der Waals surface area contributed by atoms with E-state index in [9.17, 15) is 0 Å². The Hall–Kier alpha value is -1.23. The highest BCUT2D eigenvalue weighted by molar-refractivity contribution is 7.22. The molecule has 0 bridgehead atoms. The van der Waals surface area contributed by atoms with Gasteiger partial charge in [0.15, 0.2) is 0 Å². The van der Waals surface area contributed by atoms with E-state index in [4.69, 9.17) is 4.98 Å². The van der Waals surface area contributed by atoms with Gasteiger partial charge in [-0.3, -0.25) is 0 Å². The number of thiophene rings is 1. The van der Waals surface area contributed by atoms with Crippen molar-refractivity contribution in [1.82, 2.24) is 9.88 Å². The summed E-state index contributed by atoms with van der Waals surface area (Å²) < 4.78 is 1.29. The van der Waals surface area contributed by atoms with Crippen molar-refractivity contribution in [2.24, 2.45) is 0 Å². The molecule has 0 spiro atoms. The lowest BCUT2D eigenvalue weighted by Crippen LogP contribution is -2.25. The van der Waals surface area contributed by atoms with Crippen molar-refractivity contribution >= 4 is 32.9 Å². The topological polar surface area (TPSA) is 16.1 Å². The molecule has 1 aliphatic rings. The first-order chi connectivity index (χ1) is 9.72. The number of thiazole rings is 1. The zero-order valence-electron chi connectivity index (χ0n) is 11.6. The van der Waals surface area contributed by atoms with E-state index in [2.05, 4.69) is 43.1 Å². The molecule has 2 nitrogen and oxygen atoms in total. The van der Waals surface area contributed by atoms with Crippen molar-refractivity contribution in [3.05, 3.63) is 39.6 Å². The molecule has 2 aromatic heterocycles. The second kappa shape index (κ2) is 4.65. The van der Waals surface area contributed by atoms with Gasteiger partial charge >= 0.3 is 0 Å². The summed E-state index contributed by atoms with van der Waals surface area (Å²) in [7, 11) is 2.20. The Morgan fingerprint density at radius 1 is 1.20 bits per heavy atom. The number of likely N-dealkylation sites (N-methyl/N-ethyl adjacent to an activating group) is 1. The third-order valence-electron chi connectivity index (χ3n) is 3.93. The van der Waals surface area contributed by atoms with Crippen molar-refractivity contribution in [3.8, 4) is 10.6 Å². The average molecular weight is 300 g/mol. The molecule has 4 rings (SSSR count). The van der Waals surface area contributed by atoms with Gasteiger partial charge in [0.1, 0.15) is 5.01 Å². The highest BCUT2D eigenvalue weighted by Crippen LogP contribution is 2.41. The van der Waals surface area contributed by atoms with Gasteiger partial charge in [-0.05, 0) is 38.1 Å². The average Bonchev–Trinajstić information content (AvgIpc) is 2.97. The predicted molar refractivity (Wildman–Crippen MR) is 87.7 cm³/mol. The van der Waals surface area contributed by atoms with E-state index in [0.29, 0.717) is 0 Å². The number of fused-ring (bicyclic) bond motifs is 2. The van der Waals surface area contributed by atoms with E-state index in [0.717, 1.165) is 25.0 Å². The highest BCUT2D eigenvalue weighted by Gasteiger charge is 2.23. The number of benzene rings is 1. The van der Waals surface area contributed by atoms with Gasteiger partial charge in [0, 0.05) is 28.4 Å². The molecule has 1 aromatic carbocycles. The maximum absolute atomic E-state index is 4.85. The van der Waals surface area contributed by atoms with Crippen molar-refractivity contribution in [2.45, 2.75) is 19.9 Å². The summed E-state index contributed by atoms with van der Waals surface area (Å²) in [4.78, 5) is 10.2. The number of para-hydroxylation sites is 1. The lowest BCUT2D eigenvalue weighted by Gasteiger charge is -2.22. The Morgan fingerprint density at radius 3 is 2.90 bits per heavy atom. The van der Waals surface area contributed by atoms with E-state index >= 15 is 0 Å². The fraction of sp³-hybridized carbons (Fsp3) is 0.312. The molecule has 0 atom stereocenters. The summed E-state index contributed by atoms with van der Waals surface area (Å²) in [6, 6.07) is 8.43. The van der Waals surface area contributed by atoms with Gasteiger partial charge in [0.2, 0.25) is 0 Å². The molecule has 0 unspecified atom stereocenters. The minimum Gasteiger partial charge on any atom is -0.301 e. The largest absolute Gasteiger partial charge is 0.301 e. The second-order valence-electron chi connectivity index (χ2n) is 5.41. The lowest BCUT2D eigenvalue weighted by molar-refractivity contribution is 0.317. The molecule has 0 N–H and O–H groups in total. The molecule has 20 heavy (non-hydrogen) atoms. The van der Waals surface area contributed by atoms with Crippen LogP contribution in [0.2, 0.25) is 0 Å². The van der Waals surface area contributed by atoms with Gasteiger partial charge in [-0.2, -0.15) is 0 Å². The second-order valence-corrected chi connectivity index (χ2v) is 7.75. The highest BCUT2D eigenvalue weighted by atomic mass is 32.1. The Labute approximate surface area is 126 Å². The van der Waals surface area contributed by atoms with Gasteiger partial charge in [-0.1, -0.05) is 12.1 Å². The molecular weight excluding hydrogens is 284 g/mol. The molecule has 0 radical (unpaired) electrons. The number of hydrogen-bond donors (Lipinski definition) is 0. The molecule has 0 fully saturated rings. The molecular formula is C16H16N2S2. The molecule has 0 saturated heterocycles. The summed E-state index contributed by atoms with van der Waals surface area (Å²) in [5.41, 5.74) is 4.09. The van der Waals surface area contributed by atoms with E-state index in [1.165, 1.54) is 25.0 Å². The third-order valence-corrected chi connectivity index (χ3v) is 6.12. The van der Waals surface area contributed by atoms with Crippen molar-refractivity contribution in [1.29, 1.82) is 0 Å². The maximum Gasteiger partial charge on any atom is 0.126 e. The Balaban J connectivity index is 1.89. The van der Waals surface area contributed by atoms with E-state index in [1.54, 1.807) is 5.56 Å². The predicted octanol–water partition coefficient (Wildman–Crippen LogP) is 4.32. The molecule has 3 aromatic rings. The number of aromatic nitrogens is 1. The fourth-order valence-electron chi connectivity index (χ4n) is 2.93. The summed E-state index contributed by atoms with van der Waals surface area (Å²) in [6.45, 7) is 4.48. The summed E-state index contributed by atoms with van der Waals surface area (Å²) in [5, 5.41) is 1.20. The lowest BCUT2D eigenvalue weighted by atomic mass is 10.0. The van der Waals surface area contributed by atoms with Crippen LogP contribution in [-0.4, -0.2) is 23.5 Å². The number of hydrogen-bond acceptors (Lipinski definition) is 4. The van der Waals surface area contributed by atoms with Crippen LogP contribution in [0.1, 0.15) is 15.3 Å². The first kappa shape index (κ1) is 12.5. The zero-order valence-corrected chi connectivity index (χ0v) is 13.3. The molecule has 102 valence electrons. The minimum absolute atomic E-state index is 1.09. The van der Waals surface area contributed by atoms with Gasteiger partial charge in [0.25, 0.3) is 0 Å². The van der Waals surface area contributed by atoms with E-state index in [-0.39, 0.29) is 0 Å². The monoisotopic (exact) mass is 300 g/mol. The minimum atomic E-state index is 1.09. The van der Waals surface area contributed by atoms with Crippen LogP contribution < -0.4 is 0 Å². The fourth-order valence-corrected chi connectivity index (χ4v) is 5.39. The van der Waals surface area contributed by atoms with E-state index < -0.39 is 0 Å². The van der Waals surface area contributed by atoms with Gasteiger partial charge < -0.3 is 4.90 Å². The number of rotatable bonds is 1.